The number of pyridine rings is 1. The van der Waals surface area contributed by atoms with Crippen LogP contribution in [0.2, 0.25) is 0 Å². The van der Waals surface area contributed by atoms with Crippen LogP contribution in [0.3, 0.4) is 0 Å². The molecule has 0 bridgehead atoms. The third-order valence-corrected chi connectivity index (χ3v) is 10.2. The minimum Gasteiger partial charge on any atom is -0.492 e. The molecule has 0 radical (unpaired) electrons. The van der Waals surface area contributed by atoms with Gasteiger partial charge in [-0.3, -0.25) is 9.69 Å². The molecule has 2 aromatic carbocycles. The van der Waals surface area contributed by atoms with Gasteiger partial charge in [0.15, 0.2) is 5.43 Å². The Morgan fingerprint density at radius 1 is 1.09 bits per heavy atom. The minimum absolute atomic E-state index is 0.0226. The van der Waals surface area contributed by atoms with Crippen LogP contribution >= 0.6 is 0 Å². The van der Waals surface area contributed by atoms with Gasteiger partial charge in [-0.2, -0.15) is 0 Å². The molecule has 4 aliphatic rings. The number of urea groups is 1. The summed E-state index contributed by atoms with van der Waals surface area (Å²) in [4.78, 5) is 36.8. The van der Waals surface area contributed by atoms with Gasteiger partial charge < -0.3 is 25.3 Å². The number of fused-ring (bicyclic) bond motifs is 1. The van der Waals surface area contributed by atoms with E-state index in [-0.39, 0.29) is 28.6 Å². The highest BCUT2D eigenvalue weighted by molar-refractivity contribution is 5.75. The molecule has 3 aliphatic heterocycles. The van der Waals surface area contributed by atoms with Gasteiger partial charge in [-0.25, -0.2) is 13.6 Å². The number of halogens is 2. The van der Waals surface area contributed by atoms with Gasteiger partial charge in [0, 0.05) is 79.7 Å². The Balaban J connectivity index is 1.10. The van der Waals surface area contributed by atoms with Crippen molar-refractivity contribution in [3.8, 4) is 17.0 Å². The van der Waals surface area contributed by atoms with E-state index in [9.17, 15) is 18.4 Å². The van der Waals surface area contributed by atoms with E-state index in [1.165, 1.54) is 6.07 Å². The van der Waals surface area contributed by atoms with Crippen LogP contribution in [0.5, 0.6) is 5.75 Å². The average Bonchev–Trinajstić information content (AvgIpc) is 3.70. The van der Waals surface area contributed by atoms with Crippen molar-refractivity contribution in [1.82, 2.24) is 19.7 Å². The predicted molar refractivity (Wildman–Crippen MR) is 163 cm³/mol. The number of piperazine rings is 1. The molecule has 3 N–H and O–H groups in total. The van der Waals surface area contributed by atoms with Crippen molar-refractivity contribution < 1.29 is 18.3 Å². The number of aromatic amines is 1. The zero-order valence-corrected chi connectivity index (χ0v) is 24.9. The fourth-order valence-corrected chi connectivity index (χ4v) is 7.81. The van der Waals surface area contributed by atoms with Gasteiger partial charge in [-0.15, -0.1) is 0 Å². The number of aromatic nitrogens is 1. The molecule has 1 aromatic heterocycles. The summed E-state index contributed by atoms with van der Waals surface area (Å²) < 4.78 is 34.9. The number of H-pyrrole nitrogens is 1. The summed E-state index contributed by atoms with van der Waals surface area (Å²) in [6, 6.07) is 10.1. The second-order valence-corrected chi connectivity index (χ2v) is 12.8. The van der Waals surface area contributed by atoms with Crippen LogP contribution < -0.4 is 15.9 Å². The first kappa shape index (κ1) is 29.0. The zero-order valence-electron chi connectivity index (χ0n) is 24.9. The molecule has 1 saturated carbocycles. The van der Waals surface area contributed by atoms with Crippen molar-refractivity contribution in [3.05, 3.63) is 87.2 Å². The number of nitrogens with zero attached hydrogens (tertiary/aromatic N) is 3. The molecule has 3 fully saturated rings. The third-order valence-electron chi connectivity index (χ3n) is 10.2. The highest BCUT2D eigenvalue weighted by atomic mass is 19.1. The number of benzene rings is 2. The smallest absolute Gasteiger partial charge is 0.320 e. The molecule has 3 aromatic rings. The number of ether oxygens (including phenoxy) is 1. The van der Waals surface area contributed by atoms with Crippen molar-refractivity contribution in [2.24, 2.45) is 5.73 Å². The average molecular weight is 604 g/mol. The van der Waals surface area contributed by atoms with Crippen LogP contribution in [0, 0.1) is 11.6 Å². The van der Waals surface area contributed by atoms with Gasteiger partial charge in [0.25, 0.3) is 0 Å². The van der Waals surface area contributed by atoms with Crippen LogP contribution in [0.1, 0.15) is 61.3 Å². The van der Waals surface area contributed by atoms with E-state index in [1.807, 2.05) is 23.2 Å². The summed E-state index contributed by atoms with van der Waals surface area (Å²) in [5, 5.41) is 0. The molecule has 1 aliphatic carbocycles. The maximum Gasteiger partial charge on any atom is 0.320 e. The van der Waals surface area contributed by atoms with E-state index in [0.717, 1.165) is 66.8 Å². The van der Waals surface area contributed by atoms with Crippen molar-refractivity contribution in [3.63, 3.8) is 0 Å². The van der Waals surface area contributed by atoms with Crippen LogP contribution in [0.15, 0.2) is 53.5 Å². The summed E-state index contributed by atoms with van der Waals surface area (Å²) in [6.45, 7) is 3.20. The SMILES string of the molecule is NC1CCN(C(=O)N2CCN(Cc3c[nH]c(-c4cccc5c4OCC5)cc3=O)C3(CCCC3)C2)C(c2cc(F)ccc2F)C1. The molecule has 232 valence electrons. The lowest BCUT2D eigenvalue weighted by Crippen LogP contribution is -2.64. The van der Waals surface area contributed by atoms with Crippen LogP contribution in [0.4, 0.5) is 13.6 Å². The Labute approximate surface area is 255 Å². The molecule has 2 amide bonds. The highest BCUT2D eigenvalue weighted by Crippen LogP contribution is 2.41. The van der Waals surface area contributed by atoms with E-state index < -0.39 is 17.7 Å². The lowest BCUT2D eigenvalue weighted by Gasteiger charge is -2.51. The summed E-state index contributed by atoms with van der Waals surface area (Å²) in [5.41, 5.74) is 9.66. The maximum absolute atomic E-state index is 14.9. The quantitative estimate of drug-likeness (QED) is 0.439. The minimum atomic E-state index is -0.618. The van der Waals surface area contributed by atoms with Gasteiger partial charge in [0.1, 0.15) is 17.4 Å². The molecule has 2 saturated heterocycles. The predicted octanol–water partition coefficient (Wildman–Crippen LogP) is 4.97. The number of hydrogen-bond donors (Lipinski definition) is 2. The van der Waals surface area contributed by atoms with Gasteiger partial charge in [0.05, 0.1) is 18.3 Å². The summed E-state index contributed by atoms with van der Waals surface area (Å²) in [5.74, 6) is -0.212. The fourth-order valence-electron chi connectivity index (χ4n) is 7.81. The van der Waals surface area contributed by atoms with E-state index in [0.29, 0.717) is 57.7 Å². The summed E-state index contributed by atoms with van der Waals surface area (Å²) in [6.07, 6.45) is 7.68. The second-order valence-electron chi connectivity index (χ2n) is 12.8. The molecule has 8 nitrogen and oxygen atoms in total. The van der Waals surface area contributed by atoms with Gasteiger partial charge in [0.2, 0.25) is 0 Å². The number of likely N-dealkylation sites (tertiary alicyclic amines) is 1. The van der Waals surface area contributed by atoms with Crippen molar-refractivity contribution >= 4 is 6.03 Å². The molecule has 44 heavy (non-hydrogen) atoms. The molecule has 4 heterocycles. The van der Waals surface area contributed by atoms with Crippen molar-refractivity contribution in [2.45, 2.75) is 69.1 Å². The summed E-state index contributed by atoms with van der Waals surface area (Å²) >= 11 is 0. The fraction of sp³-hybridized carbons (Fsp3) is 0.471. The monoisotopic (exact) mass is 603 g/mol. The van der Waals surface area contributed by atoms with E-state index >= 15 is 0 Å². The Morgan fingerprint density at radius 2 is 1.93 bits per heavy atom. The second kappa shape index (κ2) is 11.6. The van der Waals surface area contributed by atoms with Gasteiger partial charge in [-0.1, -0.05) is 25.0 Å². The molecule has 1 spiro atoms. The first-order valence-electron chi connectivity index (χ1n) is 15.8. The molecular weight excluding hydrogens is 564 g/mol. The molecule has 10 heteroatoms. The largest absolute Gasteiger partial charge is 0.492 e. The number of nitrogens with two attached hydrogens (primary N) is 1. The molecule has 7 rings (SSSR count). The zero-order chi connectivity index (χ0) is 30.4. The Hall–Kier alpha value is -3.76. The Kier molecular flexibility index (Phi) is 7.66. The normalized spacial score (nSPS) is 23.2. The first-order valence-corrected chi connectivity index (χ1v) is 15.8. The van der Waals surface area contributed by atoms with Crippen LogP contribution in [0.25, 0.3) is 11.3 Å². The standard InChI is InChI=1S/C34H39F2N5O3/c35-24-6-7-28(36)27(16-24)30-17-25(37)8-12-41(30)33(43)39-13-14-40(34(21-39)10-1-2-11-34)20-23-19-38-29(18-31(23)42)26-5-3-4-22-9-15-44-32(22)26/h3-7,16,18-19,25,30H,1-2,8-15,17,20-21,37H2,(H,38,42). The molecule has 2 unspecified atom stereocenters. The van der Waals surface area contributed by atoms with E-state index in [2.05, 4.69) is 16.0 Å². The number of piperidine rings is 1. The highest BCUT2D eigenvalue weighted by Gasteiger charge is 2.46. The number of carbonyl (C=O) groups excluding carboxylic acids is 1. The van der Waals surface area contributed by atoms with E-state index in [1.54, 1.807) is 11.0 Å². The third kappa shape index (κ3) is 5.28. The van der Waals surface area contributed by atoms with Crippen LogP contribution in [-0.2, 0) is 13.0 Å². The lowest BCUT2D eigenvalue weighted by atomic mass is 9.90. The summed E-state index contributed by atoms with van der Waals surface area (Å²) in [7, 11) is 0. The number of rotatable bonds is 4. The van der Waals surface area contributed by atoms with Crippen molar-refractivity contribution in [1.29, 1.82) is 0 Å². The number of hydrogen-bond acceptors (Lipinski definition) is 5. The Bertz CT molecular complexity index is 1620. The maximum atomic E-state index is 14.9. The molecule has 2 atom stereocenters. The number of para-hydroxylation sites is 1. The van der Waals surface area contributed by atoms with Gasteiger partial charge in [-0.05, 0) is 55.5 Å². The number of nitrogens with one attached hydrogen (secondary N) is 1. The van der Waals surface area contributed by atoms with Gasteiger partial charge >= 0.3 is 6.03 Å². The Morgan fingerprint density at radius 3 is 2.75 bits per heavy atom. The van der Waals surface area contributed by atoms with Crippen molar-refractivity contribution in [2.75, 3.05) is 32.8 Å². The molecular formula is C34H39F2N5O3. The van der Waals surface area contributed by atoms with Crippen LogP contribution in [-0.4, -0.2) is 70.1 Å². The van der Waals surface area contributed by atoms with E-state index in [4.69, 9.17) is 10.5 Å². The number of amides is 2. The first-order chi connectivity index (χ1) is 21.3. The lowest BCUT2D eigenvalue weighted by molar-refractivity contribution is -0.00203. The topological polar surface area (TPSA) is 94.9 Å². The number of carbonyl (C=O) groups is 1.